The van der Waals surface area contributed by atoms with E-state index in [0.29, 0.717) is 18.0 Å². The normalized spacial score (nSPS) is 27.9. The van der Waals surface area contributed by atoms with E-state index in [1.807, 2.05) is 0 Å². The van der Waals surface area contributed by atoms with Crippen molar-refractivity contribution in [2.24, 2.45) is 5.92 Å². The third kappa shape index (κ3) is 2.87. The van der Waals surface area contributed by atoms with E-state index in [2.05, 4.69) is 40.9 Å². The summed E-state index contributed by atoms with van der Waals surface area (Å²) in [7, 11) is 2.14. The lowest BCUT2D eigenvalue weighted by molar-refractivity contribution is -0.152. The number of carbonyl (C=O) groups excluding carboxylic acids is 1. The second-order valence-electron chi connectivity index (χ2n) is 8.88. The van der Waals surface area contributed by atoms with Gasteiger partial charge in [0.15, 0.2) is 0 Å². The van der Waals surface area contributed by atoms with Crippen LogP contribution in [0, 0.1) is 5.92 Å². The van der Waals surface area contributed by atoms with E-state index in [9.17, 15) is 4.79 Å². The van der Waals surface area contributed by atoms with Gasteiger partial charge in [0.25, 0.3) is 0 Å². The molecule has 5 rings (SSSR count). The molecule has 2 heterocycles. The standard InChI is InChI=1S/C23H30N2O3/c1-24-13-16(23(27)28-10-9-26)11-19-18-7-4-8-20-22(18)15(12-21(19)24)14-25(20)17-5-2-3-6-17/h4,7-8,14,16-17,19,21,26H,2-3,5-6,9-13H2,1H3. The van der Waals surface area contributed by atoms with Gasteiger partial charge in [0.1, 0.15) is 6.61 Å². The van der Waals surface area contributed by atoms with Crippen molar-refractivity contribution in [2.45, 2.75) is 56.5 Å². The van der Waals surface area contributed by atoms with Crippen molar-refractivity contribution in [2.75, 3.05) is 26.8 Å². The number of carbonyl (C=O) groups is 1. The summed E-state index contributed by atoms with van der Waals surface area (Å²) in [4.78, 5) is 14.8. The fraction of sp³-hybridized carbons (Fsp3) is 0.609. The van der Waals surface area contributed by atoms with Crippen molar-refractivity contribution < 1.29 is 14.6 Å². The highest BCUT2D eigenvalue weighted by Crippen LogP contribution is 2.46. The van der Waals surface area contributed by atoms with Crippen molar-refractivity contribution in [3.8, 4) is 0 Å². The van der Waals surface area contributed by atoms with Gasteiger partial charge in [0.2, 0.25) is 0 Å². The van der Waals surface area contributed by atoms with Crippen molar-refractivity contribution in [1.29, 1.82) is 0 Å². The maximum absolute atomic E-state index is 12.5. The Kier molecular flexibility index (Phi) is 4.68. The highest BCUT2D eigenvalue weighted by atomic mass is 16.5. The molecule has 2 aromatic rings. The summed E-state index contributed by atoms with van der Waals surface area (Å²) in [6.07, 6.45) is 9.59. The Labute approximate surface area is 166 Å². The molecule has 2 fully saturated rings. The number of ether oxygens (including phenoxy) is 1. The van der Waals surface area contributed by atoms with Crippen molar-refractivity contribution in [3.63, 3.8) is 0 Å². The molecule has 1 aromatic carbocycles. The summed E-state index contributed by atoms with van der Waals surface area (Å²) >= 11 is 0. The van der Waals surface area contributed by atoms with E-state index >= 15 is 0 Å². The Hall–Kier alpha value is -1.85. The van der Waals surface area contributed by atoms with Gasteiger partial charge in [-0.1, -0.05) is 25.0 Å². The third-order valence-electron chi connectivity index (χ3n) is 7.26. The first-order valence-electron chi connectivity index (χ1n) is 10.8. The summed E-state index contributed by atoms with van der Waals surface area (Å²) in [5.41, 5.74) is 4.27. The number of aliphatic hydroxyl groups is 1. The van der Waals surface area contributed by atoms with Crippen LogP contribution in [0.1, 0.15) is 55.2 Å². The number of rotatable bonds is 4. The molecule has 3 unspecified atom stereocenters. The van der Waals surface area contributed by atoms with Crippen LogP contribution in [-0.4, -0.2) is 53.4 Å². The fourth-order valence-electron chi connectivity index (χ4n) is 5.99. The van der Waals surface area contributed by atoms with Crippen LogP contribution < -0.4 is 0 Å². The Morgan fingerprint density at radius 2 is 2.11 bits per heavy atom. The largest absolute Gasteiger partial charge is 0.463 e. The molecule has 150 valence electrons. The van der Waals surface area contributed by atoms with E-state index in [1.165, 1.54) is 47.7 Å². The molecule has 5 nitrogen and oxygen atoms in total. The van der Waals surface area contributed by atoms with Crippen LogP contribution in [0.5, 0.6) is 0 Å². The van der Waals surface area contributed by atoms with Gasteiger partial charge < -0.3 is 19.3 Å². The molecule has 0 amide bonds. The van der Waals surface area contributed by atoms with E-state index in [4.69, 9.17) is 9.84 Å². The Morgan fingerprint density at radius 1 is 1.29 bits per heavy atom. The minimum atomic E-state index is -0.166. The van der Waals surface area contributed by atoms with Crippen LogP contribution in [0.3, 0.4) is 0 Å². The van der Waals surface area contributed by atoms with E-state index in [1.54, 1.807) is 0 Å². The van der Waals surface area contributed by atoms with E-state index < -0.39 is 0 Å². The number of hydrogen-bond acceptors (Lipinski definition) is 4. The first kappa shape index (κ1) is 18.2. The second kappa shape index (κ2) is 7.20. The summed E-state index contributed by atoms with van der Waals surface area (Å²) in [6, 6.07) is 7.84. The zero-order valence-corrected chi connectivity index (χ0v) is 16.6. The quantitative estimate of drug-likeness (QED) is 0.825. The zero-order valence-electron chi connectivity index (χ0n) is 16.6. The molecule has 5 heteroatoms. The van der Waals surface area contributed by atoms with Gasteiger partial charge in [0, 0.05) is 41.6 Å². The average molecular weight is 383 g/mol. The van der Waals surface area contributed by atoms with Crippen LogP contribution >= 0.6 is 0 Å². The monoisotopic (exact) mass is 382 g/mol. The van der Waals surface area contributed by atoms with E-state index in [0.717, 1.165) is 19.4 Å². The number of likely N-dealkylation sites (N-methyl/N-ethyl adjacent to an activating group) is 1. The molecule has 0 radical (unpaired) electrons. The number of esters is 1. The van der Waals surface area contributed by atoms with Gasteiger partial charge in [-0.2, -0.15) is 0 Å². The molecule has 0 bridgehead atoms. The SMILES string of the molecule is CN1CC(C(=O)OCCO)CC2c3cccc4c3c(cn4C3CCCC3)CC21. The van der Waals surface area contributed by atoms with Gasteiger partial charge in [-0.05, 0) is 49.9 Å². The van der Waals surface area contributed by atoms with Crippen molar-refractivity contribution >= 4 is 16.9 Å². The lowest BCUT2D eigenvalue weighted by Gasteiger charge is -2.44. The predicted molar refractivity (Wildman–Crippen MR) is 108 cm³/mol. The number of likely N-dealkylation sites (tertiary alicyclic amines) is 1. The molecule has 1 aliphatic heterocycles. The average Bonchev–Trinajstić information content (AvgIpc) is 3.36. The molecule has 1 N–H and O–H groups in total. The number of hydrogen-bond donors (Lipinski definition) is 1. The highest BCUT2D eigenvalue weighted by molar-refractivity contribution is 5.89. The van der Waals surface area contributed by atoms with Gasteiger partial charge >= 0.3 is 5.97 Å². The number of piperidine rings is 1. The predicted octanol–water partition coefficient (Wildman–Crippen LogP) is 3.25. The zero-order chi connectivity index (χ0) is 19.3. The van der Waals surface area contributed by atoms with E-state index in [-0.39, 0.29) is 25.1 Å². The molecular formula is C23H30N2O3. The van der Waals surface area contributed by atoms with Crippen LogP contribution in [0.25, 0.3) is 10.9 Å². The maximum Gasteiger partial charge on any atom is 0.310 e. The highest BCUT2D eigenvalue weighted by Gasteiger charge is 2.42. The van der Waals surface area contributed by atoms with Gasteiger partial charge in [-0.3, -0.25) is 4.79 Å². The van der Waals surface area contributed by atoms with Gasteiger partial charge in [-0.15, -0.1) is 0 Å². The minimum absolute atomic E-state index is 0.0944. The molecule has 1 saturated heterocycles. The minimum Gasteiger partial charge on any atom is -0.463 e. The fourth-order valence-corrected chi connectivity index (χ4v) is 5.99. The Bertz CT molecular complexity index is 883. The number of benzene rings is 1. The third-order valence-corrected chi connectivity index (χ3v) is 7.26. The van der Waals surface area contributed by atoms with Crippen LogP contribution in [0.4, 0.5) is 0 Å². The maximum atomic E-state index is 12.5. The van der Waals surface area contributed by atoms with Crippen molar-refractivity contribution in [3.05, 3.63) is 35.5 Å². The molecule has 3 atom stereocenters. The number of aromatic nitrogens is 1. The summed E-state index contributed by atoms with van der Waals surface area (Å²) in [5, 5.41) is 10.4. The summed E-state index contributed by atoms with van der Waals surface area (Å²) in [6.45, 7) is 0.717. The Morgan fingerprint density at radius 3 is 2.89 bits per heavy atom. The van der Waals surface area contributed by atoms with Gasteiger partial charge in [-0.25, -0.2) is 0 Å². The molecule has 1 saturated carbocycles. The molecule has 2 aliphatic carbocycles. The smallest absolute Gasteiger partial charge is 0.310 e. The molecule has 28 heavy (non-hydrogen) atoms. The number of fused-ring (bicyclic) bond motifs is 2. The van der Waals surface area contributed by atoms with Crippen LogP contribution in [0.2, 0.25) is 0 Å². The summed E-state index contributed by atoms with van der Waals surface area (Å²) < 4.78 is 7.80. The first-order chi connectivity index (χ1) is 13.7. The first-order valence-corrected chi connectivity index (χ1v) is 10.8. The second-order valence-corrected chi connectivity index (χ2v) is 8.88. The number of aliphatic hydroxyl groups excluding tert-OH is 1. The molecular weight excluding hydrogens is 352 g/mol. The number of nitrogens with zero attached hydrogens (tertiary/aromatic N) is 2. The summed E-state index contributed by atoms with van der Waals surface area (Å²) in [5.74, 6) is 0.0772. The Balaban J connectivity index is 1.51. The molecule has 3 aliphatic rings. The van der Waals surface area contributed by atoms with Crippen molar-refractivity contribution in [1.82, 2.24) is 9.47 Å². The lowest BCUT2D eigenvalue weighted by atomic mass is 9.72. The molecule has 0 spiro atoms. The lowest BCUT2D eigenvalue weighted by Crippen LogP contribution is -2.49. The molecule has 1 aromatic heterocycles. The topological polar surface area (TPSA) is 54.7 Å². The van der Waals surface area contributed by atoms with Crippen LogP contribution in [-0.2, 0) is 16.0 Å². The van der Waals surface area contributed by atoms with Crippen LogP contribution in [0.15, 0.2) is 24.4 Å². The van der Waals surface area contributed by atoms with Gasteiger partial charge in [0.05, 0.1) is 12.5 Å².